The number of aliphatic carboxylic acids is 1. The van der Waals surface area contributed by atoms with Crippen LogP contribution >= 0.6 is 0 Å². The van der Waals surface area contributed by atoms with Crippen LogP contribution in [-0.2, 0) is 9.59 Å². The molecule has 0 bridgehead atoms. The van der Waals surface area contributed by atoms with Crippen molar-refractivity contribution in [2.45, 2.75) is 32.8 Å². The molecule has 0 unspecified atom stereocenters. The van der Waals surface area contributed by atoms with E-state index >= 15 is 0 Å². The van der Waals surface area contributed by atoms with E-state index in [9.17, 15) is 14.7 Å². The molecule has 1 aliphatic heterocycles. The Kier molecular flexibility index (Phi) is 2.89. The number of rotatable bonds is 2. The number of aliphatic hydroxyl groups excluding tert-OH is 1. The summed E-state index contributed by atoms with van der Waals surface area (Å²) in [5.41, 5.74) is -0.453. The lowest BCUT2D eigenvalue weighted by atomic mass is 10.1. The first-order chi connectivity index (χ1) is 7.85. The maximum atomic E-state index is 12.2. The van der Waals surface area contributed by atoms with Crippen LogP contribution < -0.4 is 0 Å². The van der Waals surface area contributed by atoms with E-state index in [1.807, 2.05) is 13.8 Å². The predicted octanol–water partition coefficient (Wildman–Crippen LogP) is 0.326. The lowest BCUT2D eigenvalue weighted by Gasteiger charge is -2.30. The van der Waals surface area contributed by atoms with Gasteiger partial charge in [0.05, 0.1) is 17.9 Å². The van der Waals surface area contributed by atoms with Crippen molar-refractivity contribution in [3.05, 3.63) is 0 Å². The van der Waals surface area contributed by atoms with E-state index < -0.39 is 29.3 Å². The van der Waals surface area contributed by atoms with Crippen molar-refractivity contribution < 1.29 is 19.8 Å². The zero-order chi connectivity index (χ0) is 12.8. The van der Waals surface area contributed by atoms with Gasteiger partial charge in [0.2, 0.25) is 5.91 Å². The Hall–Kier alpha value is -1.10. The third kappa shape index (κ3) is 2.04. The minimum absolute atomic E-state index is 0.110. The highest BCUT2D eigenvalue weighted by Gasteiger charge is 2.66. The fraction of sp³-hybridized carbons (Fsp3) is 0.833. The molecule has 5 nitrogen and oxygen atoms in total. The summed E-state index contributed by atoms with van der Waals surface area (Å²) < 4.78 is 0. The molecule has 5 heteroatoms. The minimum Gasteiger partial charge on any atom is -0.481 e. The first kappa shape index (κ1) is 12.4. The van der Waals surface area contributed by atoms with Gasteiger partial charge in [0.15, 0.2) is 0 Å². The quantitative estimate of drug-likeness (QED) is 0.730. The number of aliphatic hydroxyl groups is 1. The Morgan fingerprint density at radius 2 is 1.94 bits per heavy atom. The molecule has 0 spiro atoms. The normalized spacial score (nSPS) is 35.5. The number of likely N-dealkylation sites (tertiary alicyclic amines) is 1. The topological polar surface area (TPSA) is 77.8 Å². The summed E-state index contributed by atoms with van der Waals surface area (Å²) in [4.78, 5) is 24.8. The highest BCUT2D eigenvalue weighted by Crippen LogP contribution is 2.59. The maximum absolute atomic E-state index is 12.2. The molecule has 1 amide bonds. The summed E-state index contributed by atoms with van der Waals surface area (Å²) >= 11 is 0. The zero-order valence-corrected chi connectivity index (χ0v) is 10.2. The van der Waals surface area contributed by atoms with Gasteiger partial charge in [0, 0.05) is 13.1 Å². The van der Waals surface area contributed by atoms with Crippen LogP contribution in [0.15, 0.2) is 0 Å². The van der Waals surface area contributed by atoms with Crippen LogP contribution in [0, 0.1) is 17.3 Å². The molecule has 2 aliphatic rings. The molecule has 0 aromatic heterocycles. The monoisotopic (exact) mass is 241 g/mol. The summed E-state index contributed by atoms with van der Waals surface area (Å²) in [6.45, 7) is 4.61. The Morgan fingerprint density at radius 3 is 2.41 bits per heavy atom. The number of piperidine rings is 1. The van der Waals surface area contributed by atoms with E-state index in [-0.39, 0.29) is 5.91 Å². The van der Waals surface area contributed by atoms with Gasteiger partial charge in [0.25, 0.3) is 0 Å². The number of carboxylic acids is 1. The molecule has 1 aliphatic carbocycles. The average Bonchev–Trinajstić information content (AvgIpc) is 2.80. The lowest BCUT2D eigenvalue weighted by molar-refractivity contribution is -0.143. The number of hydrogen-bond donors (Lipinski definition) is 2. The van der Waals surface area contributed by atoms with Crippen molar-refractivity contribution in [3.63, 3.8) is 0 Å². The second-order valence-corrected chi connectivity index (χ2v) is 5.70. The predicted molar refractivity (Wildman–Crippen MR) is 60.2 cm³/mol. The van der Waals surface area contributed by atoms with Crippen LogP contribution in [0.3, 0.4) is 0 Å². The van der Waals surface area contributed by atoms with Gasteiger partial charge in [-0.15, -0.1) is 0 Å². The van der Waals surface area contributed by atoms with E-state index in [1.165, 1.54) is 0 Å². The number of carboxylic acid groups (broad SMARTS) is 1. The van der Waals surface area contributed by atoms with Gasteiger partial charge in [-0.25, -0.2) is 0 Å². The molecule has 17 heavy (non-hydrogen) atoms. The minimum atomic E-state index is -0.897. The molecule has 1 saturated heterocycles. The summed E-state index contributed by atoms with van der Waals surface area (Å²) in [5.74, 6) is -2.01. The average molecular weight is 241 g/mol. The molecule has 2 fully saturated rings. The van der Waals surface area contributed by atoms with Gasteiger partial charge >= 0.3 is 5.97 Å². The number of carbonyl (C=O) groups is 2. The van der Waals surface area contributed by atoms with Gasteiger partial charge in [-0.05, 0) is 18.3 Å². The first-order valence-electron chi connectivity index (χ1n) is 6.05. The van der Waals surface area contributed by atoms with Crippen LogP contribution in [0.25, 0.3) is 0 Å². The molecule has 2 N–H and O–H groups in total. The van der Waals surface area contributed by atoms with E-state index in [4.69, 9.17) is 5.11 Å². The Balaban J connectivity index is 2.04. The Bertz CT molecular complexity index is 352. The number of carbonyl (C=O) groups excluding carboxylic acids is 1. The van der Waals surface area contributed by atoms with Crippen molar-refractivity contribution in [2.75, 3.05) is 13.1 Å². The van der Waals surface area contributed by atoms with Gasteiger partial charge in [0.1, 0.15) is 0 Å². The molecular formula is C12H19NO4. The second kappa shape index (κ2) is 3.98. The molecule has 0 radical (unpaired) electrons. The summed E-state index contributed by atoms with van der Waals surface area (Å²) in [6.07, 6.45) is 1.05. The number of amides is 1. The zero-order valence-electron chi connectivity index (χ0n) is 10.2. The van der Waals surface area contributed by atoms with Crippen LogP contribution in [0.4, 0.5) is 0 Å². The van der Waals surface area contributed by atoms with Gasteiger partial charge < -0.3 is 15.1 Å². The third-order valence-electron chi connectivity index (χ3n) is 4.07. The maximum Gasteiger partial charge on any atom is 0.307 e. The SMILES string of the molecule is CC1(C)[C@H](C(=O)O)[C@@H]1C(=O)N1CCC[C@H](O)C1. The van der Waals surface area contributed by atoms with Gasteiger partial charge in [-0.2, -0.15) is 0 Å². The summed E-state index contributed by atoms with van der Waals surface area (Å²) in [5, 5.41) is 18.6. The number of β-amino-alcohol motifs (C(OH)–C–C–N with tert-alkyl or cyclic N) is 1. The smallest absolute Gasteiger partial charge is 0.307 e. The standard InChI is InChI=1S/C12H19NO4/c1-12(2)8(9(12)11(16)17)10(15)13-5-3-4-7(14)6-13/h7-9,14H,3-6H2,1-2H3,(H,16,17)/t7-,8+,9-/m0/s1. The van der Waals surface area contributed by atoms with Crippen molar-refractivity contribution in [1.29, 1.82) is 0 Å². The largest absolute Gasteiger partial charge is 0.481 e. The molecule has 2 rings (SSSR count). The highest BCUT2D eigenvalue weighted by molar-refractivity contribution is 5.91. The van der Waals surface area contributed by atoms with Crippen molar-refractivity contribution >= 4 is 11.9 Å². The molecule has 1 heterocycles. The van der Waals surface area contributed by atoms with Gasteiger partial charge in [-0.1, -0.05) is 13.8 Å². The van der Waals surface area contributed by atoms with Crippen molar-refractivity contribution in [3.8, 4) is 0 Å². The van der Waals surface area contributed by atoms with E-state index in [0.29, 0.717) is 13.1 Å². The van der Waals surface area contributed by atoms with Gasteiger partial charge in [-0.3, -0.25) is 9.59 Å². The molecule has 0 aromatic carbocycles. The van der Waals surface area contributed by atoms with Crippen molar-refractivity contribution in [2.24, 2.45) is 17.3 Å². The van der Waals surface area contributed by atoms with Crippen LogP contribution in [-0.4, -0.2) is 46.2 Å². The fourth-order valence-corrected chi connectivity index (χ4v) is 2.91. The summed E-state index contributed by atoms with van der Waals surface area (Å²) in [7, 11) is 0. The van der Waals surface area contributed by atoms with E-state index in [1.54, 1.807) is 4.90 Å². The highest BCUT2D eigenvalue weighted by atomic mass is 16.4. The molecule has 1 saturated carbocycles. The number of hydrogen-bond acceptors (Lipinski definition) is 3. The van der Waals surface area contributed by atoms with Crippen molar-refractivity contribution in [1.82, 2.24) is 4.90 Å². The molecule has 0 aromatic rings. The molecular weight excluding hydrogens is 222 g/mol. The third-order valence-corrected chi connectivity index (χ3v) is 4.07. The second-order valence-electron chi connectivity index (χ2n) is 5.70. The van der Waals surface area contributed by atoms with Crippen LogP contribution in [0.5, 0.6) is 0 Å². The van der Waals surface area contributed by atoms with Crippen LogP contribution in [0.2, 0.25) is 0 Å². The number of nitrogens with zero attached hydrogens (tertiary/aromatic N) is 1. The van der Waals surface area contributed by atoms with E-state index in [2.05, 4.69) is 0 Å². The molecule has 3 atom stereocenters. The molecule has 96 valence electrons. The van der Waals surface area contributed by atoms with E-state index in [0.717, 1.165) is 12.8 Å². The fourth-order valence-electron chi connectivity index (χ4n) is 2.91. The van der Waals surface area contributed by atoms with Crippen LogP contribution in [0.1, 0.15) is 26.7 Å². The Morgan fingerprint density at radius 1 is 1.29 bits per heavy atom. The summed E-state index contributed by atoms with van der Waals surface area (Å²) in [6, 6.07) is 0. The first-order valence-corrected chi connectivity index (χ1v) is 6.05. The Labute approximate surface area is 100 Å². The lowest BCUT2D eigenvalue weighted by Crippen LogP contribution is -2.43.